The molecule has 1 aromatic rings. The Hall–Kier alpha value is -1.87. The van der Waals surface area contributed by atoms with Gasteiger partial charge in [0.25, 0.3) is 0 Å². The van der Waals surface area contributed by atoms with Crippen LogP contribution in [0.5, 0.6) is 5.88 Å². The summed E-state index contributed by atoms with van der Waals surface area (Å²) in [5.41, 5.74) is 5.34. The number of likely N-dealkylation sites (tertiary alicyclic amines) is 1. The molecule has 3 saturated carbocycles. The molecular weight excluding hydrogens is 421 g/mol. The Kier molecular flexibility index (Phi) is 5.60. The monoisotopic (exact) mass is 452 g/mol. The van der Waals surface area contributed by atoms with Crippen LogP contribution in [0.25, 0.3) is 0 Å². The van der Waals surface area contributed by atoms with E-state index in [-0.39, 0.29) is 30.8 Å². The summed E-state index contributed by atoms with van der Waals surface area (Å²) in [6, 6.07) is 5.74. The summed E-state index contributed by atoms with van der Waals surface area (Å²) in [6.07, 6.45) is -0.233. The molecule has 176 valence electrons. The third-order valence-corrected chi connectivity index (χ3v) is 7.70. The molecule has 2 aliphatic heterocycles. The van der Waals surface area contributed by atoms with E-state index < -0.39 is 11.6 Å². The van der Waals surface area contributed by atoms with Crippen LogP contribution >= 0.6 is 0 Å². The van der Waals surface area contributed by atoms with Gasteiger partial charge in [-0.1, -0.05) is 6.07 Å². The summed E-state index contributed by atoms with van der Waals surface area (Å²) in [7, 11) is 0. The van der Waals surface area contributed by atoms with E-state index in [0.717, 1.165) is 44.7 Å². The van der Waals surface area contributed by atoms with E-state index in [0.29, 0.717) is 37.3 Å². The fraction of sp³-hybridized carbons (Fsp3) is 0.739. The summed E-state index contributed by atoms with van der Waals surface area (Å²) in [6.45, 7) is 4.33. The van der Waals surface area contributed by atoms with Crippen LogP contribution in [0.1, 0.15) is 50.1 Å². The van der Waals surface area contributed by atoms with Crippen molar-refractivity contribution in [2.24, 2.45) is 21.6 Å². The zero-order valence-electron chi connectivity index (χ0n) is 18.2. The molecule has 3 heterocycles. The quantitative estimate of drug-likeness (QED) is 0.483. The van der Waals surface area contributed by atoms with E-state index >= 15 is 0 Å². The predicted molar refractivity (Wildman–Crippen MR) is 114 cm³/mol. The van der Waals surface area contributed by atoms with E-state index in [2.05, 4.69) is 14.9 Å². The van der Waals surface area contributed by atoms with Crippen molar-refractivity contribution in [1.82, 2.24) is 9.88 Å². The highest BCUT2D eigenvalue weighted by molar-refractivity contribution is 5.82. The average Bonchev–Trinajstić information content (AvgIpc) is 2.64. The largest absolute Gasteiger partial charge is 0.477 e. The number of aliphatic imine (C=N–C) groups is 1. The Labute approximate surface area is 186 Å². The van der Waals surface area contributed by atoms with Gasteiger partial charge >= 0.3 is 6.18 Å². The number of pyridine rings is 1. The van der Waals surface area contributed by atoms with E-state index in [1.165, 1.54) is 0 Å². The number of nitrogens with zero attached hydrogens (tertiary/aromatic N) is 3. The molecule has 5 fully saturated rings. The molecule has 6 rings (SSSR count). The van der Waals surface area contributed by atoms with E-state index in [1.807, 2.05) is 12.1 Å². The molecule has 0 unspecified atom stereocenters. The van der Waals surface area contributed by atoms with Crippen LogP contribution in [-0.2, 0) is 4.74 Å². The van der Waals surface area contributed by atoms with Crippen molar-refractivity contribution < 1.29 is 22.6 Å². The maximum absolute atomic E-state index is 13.0. The van der Waals surface area contributed by atoms with Crippen molar-refractivity contribution in [3.05, 3.63) is 23.9 Å². The third kappa shape index (κ3) is 4.21. The van der Waals surface area contributed by atoms with E-state index in [4.69, 9.17) is 15.2 Å². The van der Waals surface area contributed by atoms with Crippen LogP contribution in [0, 0.1) is 10.8 Å². The van der Waals surface area contributed by atoms with E-state index in [9.17, 15) is 13.2 Å². The highest BCUT2D eigenvalue weighted by Crippen LogP contribution is 2.78. The lowest BCUT2D eigenvalue weighted by Gasteiger charge is -2.70. The minimum atomic E-state index is -4.08. The summed E-state index contributed by atoms with van der Waals surface area (Å²) in [4.78, 5) is 11.4. The van der Waals surface area contributed by atoms with Gasteiger partial charge in [0.15, 0.2) is 0 Å². The summed E-state index contributed by atoms with van der Waals surface area (Å²) in [5, 5.41) is 0. The Bertz CT molecular complexity index is 843. The van der Waals surface area contributed by atoms with Crippen molar-refractivity contribution in [3.8, 4) is 5.88 Å². The molecule has 0 radical (unpaired) electrons. The molecule has 6 nitrogen and oxygen atoms in total. The fourth-order valence-electron chi connectivity index (χ4n) is 5.73. The van der Waals surface area contributed by atoms with Gasteiger partial charge in [-0.15, -0.1) is 0 Å². The zero-order chi connectivity index (χ0) is 22.4. The SMILES string of the molecule is NC(CN1CCC(c2cccc(OCC34CC(C(F)(F)F)(C3)C4)n2)CC1)=NC[C@@H]1CCO1. The van der Waals surface area contributed by atoms with Gasteiger partial charge in [0.05, 0.1) is 31.2 Å². The number of piperidine rings is 1. The number of amidine groups is 1. The van der Waals surface area contributed by atoms with Crippen LogP contribution in [0.4, 0.5) is 13.2 Å². The second-order valence-corrected chi connectivity index (χ2v) is 10.2. The number of alkyl halides is 3. The molecule has 9 heteroatoms. The first-order valence-corrected chi connectivity index (χ1v) is 11.6. The van der Waals surface area contributed by atoms with Crippen LogP contribution in [0.15, 0.2) is 23.2 Å². The predicted octanol–water partition coefficient (Wildman–Crippen LogP) is 3.52. The van der Waals surface area contributed by atoms with Gasteiger partial charge in [-0.2, -0.15) is 13.2 Å². The molecule has 0 spiro atoms. The van der Waals surface area contributed by atoms with Gasteiger partial charge in [0.2, 0.25) is 5.88 Å². The molecule has 5 aliphatic rings. The molecule has 0 amide bonds. The summed E-state index contributed by atoms with van der Waals surface area (Å²) in [5.74, 6) is 1.53. The normalized spacial score (nSPS) is 33.2. The molecule has 2 saturated heterocycles. The average molecular weight is 453 g/mol. The Balaban J connectivity index is 1.07. The number of nitrogens with two attached hydrogens (primary N) is 1. The van der Waals surface area contributed by atoms with Crippen LogP contribution in [0.3, 0.4) is 0 Å². The maximum Gasteiger partial charge on any atom is 0.394 e. The van der Waals surface area contributed by atoms with Gasteiger partial charge in [-0.25, -0.2) is 4.98 Å². The van der Waals surface area contributed by atoms with Crippen LogP contribution in [0.2, 0.25) is 0 Å². The maximum atomic E-state index is 13.0. The van der Waals surface area contributed by atoms with Crippen molar-refractivity contribution >= 4 is 5.84 Å². The molecule has 2 N–H and O–H groups in total. The standard InChI is InChI=1S/C23H31F3N4O2/c24-23(25,26)22-12-21(13-22,14-22)15-32-20-3-1-2-18(29-20)16-4-7-30(8-5-16)11-19(27)28-10-17-6-9-31-17/h1-3,16-17H,4-15H2,(H2,27,28)/t17-,21?,22?/m0/s1. The number of halogens is 3. The highest BCUT2D eigenvalue weighted by atomic mass is 19.4. The second-order valence-electron chi connectivity index (χ2n) is 10.2. The van der Waals surface area contributed by atoms with Crippen molar-refractivity contribution in [2.45, 2.75) is 56.7 Å². The topological polar surface area (TPSA) is 73.0 Å². The lowest BCUT2D eigenvalue weighted by Crippen LogP contribution is -2.69. The second kappa shape index (κ2) is 8.17. The minimum absolute atomic E-state index is 0.196. The first kappa shape index (κ1) is 21.9. The van der Waals surface area contributed by atoms with Crippen molar-refractivity contribution in [2.75, 3.05) is 39.4 Å². The lowest BCUT2D eigenvalue weighted by atomic mass is 9.35. The first-order valence-electron chi connectivity index (χ1n) is 11.6. The number of aromatic nitrogens is 1. The Morgan fingerprint density at radius 3 is 2.56 bits per heavy atom. The summed E-state index contributed by atoms with van der Waals surface area (Å²) < 4.78 is 50.3. The number of hydrogen-bond donors (Lipinski definition) is 1. The fourth-order valence-corrected chi connectivity index (χ4v) is 5.73. The number of hydrogen-bond acceptors (Lipinski definition) is 5. The first-order chi connectivity index (χ1) is 15.3. The van der Waals surface area contributed by atoms with Crippen LogP contribution < -0.4 is 10.5 Å². The van der Waals surface area contributed by atoms with E-state index in [1.54, 1.807) is 6.07 Å². The van der Waals surface area contributed by atoms with Gasteiger partial charge in [0, 0.05) is 29.7 Å². The Morgan fingerprint density at radius 2 is 1.94 bits per heavy atom. The van der Waals surface area contributed by atoms with Gasteiger partial charge in [0.1, 0.15) is 5.84 Å². The van der Waals surface area contributed by atoms with Gasteiger partial charge in [-0.05, 0) is 57.7 Å². The molecule has 3 aliphatic carbocycles. The summed E-state index contributed by atoms with van der Waals surface area (Å²) >= 11 is 0. The smallest absolute Gasteiger partial charge is 0.394 e. The van der Waals surface area contributed by atoms with Gasteiger partial charge < -0.3 is 15.2 Å². The molecule has 2 bridgehead atoms. The molecule has 0 aromatic carbocycles. The van der Waals surface area contributed by atoms with Crippen molar-refractivity contribution in [3.63, 3.8) is 0 Å². The molecule has 1 atom stereocenters. The van der Waals surface area contributed by atoms with Crippen molar-refractivity contribution in [1.29, 1.82) is 0 Å². The number of ether oxygens (including phenoxy) is 2. The van der Waals surface area contributed by atoms with Crippen LogP contribution in [-0.4, -0.2) is 67.4 Å². The van der Waals surface area contributed by atoms with Gasteiger partial charge in [-0.3, -0.25) is 9.89 Å². The zero-order valence-corrected chi connectivity index (χ0v) is 18.2. The Morgan fingerprint density at radius 1 is 1.22 bits per heavy atom. The highest BCUT2D eigenvalue weighted by Gasteiger charge is 2.78. The molecular formula is C23H31F3N4O2. The number of rotatable bonds is 8. The lowest BCUT2D eigenvalue weighted by molar-refractivity contribution is -0.367. The minimum Gasteiger partial charge on any atom is -0.477 e. The molecule has 32 heavy (non-hydrogen) atoms. The molecule has 1 aromatic heterocycles. The third-order valence-electron chi connectivity index (χ3n) is 7.70.